The molecule has 22 heavy (non-hydrogen) atoms. The fourth-order valence-electron chi connectivity index (χ4n) is 2.74. The van der Waals surface area contributed by atoms with E-state index in [1.165, 1.54) is 0 Å². The number of anilines is 2. The quantitative estimate of drug-likeness (QED) is 0.607. The van der Waals surface area contributed by atoms with Crippen LogP contribution in [0.25, 0.3) is 21.9 Å². The number of aromatic nitrogens is 5. The maximum atomic E-state index is 4.55. The van der Waals surface area contributed by atoms with E-state index in [-0.39, 0.29) is 0 Å². The van der Waals surface area contributed by atoms with Gasteiger partial charge in [0.05, 0.1) is 16.7 Å². The summed E-state index contributed by atoms with van der Waals surface area (Å²) in [6.45, 7) is 4.99. The number of nitrogens with zero attached hydrogens (tertiary/aromatic N) is 4. The number of aryl methyl sites for hydroxylation is 2. The first kappa shape index (κ1) is 12.8. The van der Waals surface area contributed by atoms with Gasteiger partial charge in [-0.15, -0.1) is 0 Å². The summed E-state index contributed by atoms with van der Waals surface area (Å²) in [4.78, 5) is 4.36. The molecule has 3 heterocycles. The number of fused-ring (bicyclic) bond motifs is 2. The molecule has 0 saturated carbocycles. The number of hydrogen-bond acceptors (Lipinski definition) is 4. The second-order valence-electron chi connectivity index (χ2n) is 5.23. The zero-order valence-electron chi connectivity index (χ0n) is 12.5. The molecule has 110 valence electrons. The summed E-state index contributed by atoms with van der Waals surface area (Å²) in [5, 5.41) is 16.3. The molecule has 6 nitrogen and oxygen atoms in total. The monoisotopic (exact) mass is 292 g/mol. The Kier molecular flexibility index (Phi) is 2.82. The van der Waals surface area contributed by atoms with Gasteiger partial charge in [0.25, 0.3) is 0 Å². The molecule has 0 spiro atoms. The van der Waals surface area contributed by atoms with Crippen LogP contribution < -0.4 is 5.32 Å². The van der Waals surface area contributed by atoms with Gasteiger partial charge in [-0.3, -0.25) is 14.8 Å². The first-order valence-electron chi connectivity index (χ1n) is 7.29. The Morgan fingerprint density at radius 2 is 2.18 bits per heavy atom. The van der Waals surface area contributed by atoms with Gasteiger partial charge < -0.3 is 5.32 Å². The Morgan fingerprint density at radius 1 is 1.27 bits per heavy atom. The van der Waals surface area contributed by atoms with E-state index in [2.05, 4.69) is 44.7 Å². The van der Waals surface area contributed by atoms with Crippen LogP contribution in [0.2, 0.25) is 0 Å². The number of benzene rings is 1. The minimum Gasteiger partial charge on any atom is -0.337 e. The van der Waals surface area contributed by atoms with Crippen molar-refractivity contribution in [3.8, 4) is 0 Å². The van der Waals surface area contributed by atoms with Gasteiger partial charge in [-0.1, -0.05) is 0 Å². The number of hydrogen-bond donors (Lipinski definition) is 2. The lowest BCUT2D eigenvalue weighted by atomic mass is 10.2. The van der Waals surface area contributed by atoms with Crippen molar-refractivity contribution in [2.75, 3.05) is 5.32 Å². The Morgan fingerprint density at radius 3 is 3.05 bits per heavy atom. The molecule has 0 fully saturated rings. The molecule has 4 aromatic rings. The van der Waals surface area contributed by atoms with Gasteiger partial charge >= 0.3 is 0 Å². The summed E-state index contributed by atoms with van der Waals surface area (Å²) >= 11 is 0. The predicted octanol–water partition coefficient (Wildman–Crippen LogP) is 3.38. The zero-order valence-corrected chi connectivity index (χ0v) is 12.5. The molecule has 0 aliphatic heterocycles. The molecule has 0 unspecified atom stereocenters. The van der Waals surface area contributed by atoms with Crippen molar-refractivity contribution in [3.63, 3.8) is 0 Å². The molecule has 0 atom stereocenters. The van der Waals surface area contributed by atoms with Crippen molar-refractivity contribution in [1.29, 1.82) is 0 Å². The molecule has 0 aliphatic carbocycles. The highest BCUT2D eigenvalue weighted by atomic mass is 15.3. The molecule has 1 aromatic carbocycles. The summed E-state index contributed by atoms with van der Waals surface area (Å²) in [6.07, 6.45) is 1.77. The smallest absolute Gasteiger partial charge is 0.178 e. The second kappa shape index (κ2) is 4.84. The topological polar surface area (TPSA) is 71.4 Å². The maximum absolute atomic E-state index is 4.55. The van der Waals surface area contributed by atoms with Crippen molar-refractivity contribution >= 4 is 33.4 Å². The van der Waals surface area contributed by atoms with Crippen molar-refractivity contribution in [1.82, 2.24) is 25.0 Å². The maximum Gasteiger partial charge on any atom is 0.178 e. The summed E-state index contributed by atoms with van der Waals surface area (Å²) in [6, 6.07) is 10.1. The molecule has 0 aliphatic rings. The Hall–Kier alpha value is -2.89. The van der Waals surface area contributed by atoms with E-state index in [9.17, 15) is 0 Å². The van der Waals surface area contributed by atoms with Gasteiger partial charge in [-0.2, -0.15) is 10.2 Å². The SMILES string of the molecule is CCn1nc(C)c2cc(Nc3n[nH]c4cccnc34)ccc21. The van der Waals surface area contributed by atoms with Gasteiger partial charge in [0.1, 0.15) is 5.52 Å². The van der Waals surface area contributed by atoms with Crippen LogP contribution in [-0.2, 0) is 6.54 Å². The summed E-state index contributed by atoms with van der Waals surface area (Å²) < 4.78 is 2.01. The van der Waals surface area contributed by atoms with Crippen molar-refractivity contribution < 1.29 is 0 Å². The number of nitrogens with one attached hydrogen (secondary N) is 2. The largest absolute Gasteiger partial charge is 0.337 e. The molecule has 2 N–H and O–H groups in total. The molecule has 0 bridgehead atoms. The molecule has 0 radical (unpaired) electrons. The molecule has 4 rings (SSSR count). The lowest BCUT2D eigenvalue weighted by molar-refractivity contribution is 0.676. The molecule has 3 aromatic heterocycles. The van der Waals surface area contributed by atoms with E-state index < -0.39 is 0 Å². The predicted molar refractivity (Wildman–Crippen MR) is 87.3 cm³/mol. The van der Waals surface area contributed by atoms with Crippen molar-refractivity contribution in [3.05, 3.63) is 42.2 Å². The summed E-state index contributed by atoms with van der Waals surface area (Å²) in [7, 11) is 0. The van der Waals surface area contributed by atoms with Crippen LogP contribution in [0.15, 0.2) is 36.5 Å². The molecule has 0 amide bonds. The highest BCUT2D eigenvalue weighted by molar-refractivity contribution is 5.90. The van der Waals surface area contributed by atoms with Gasteiger partial charge in [-0.05, 0) is 44.2 Å². The van der Waals surface area contributed by atoms with Crippen LogP contribution in [0, 0.1) is 6.92 Å². The fraction of sp³-hybridized carbons (Fsp3) is 0.188. The van der Waals surface area contributed by atoms with Crippen molar-refractivity contribution in [2.45, 2.75) is 20.4 Å². The Labute approximate surface area is 127 Å². The van der Waals surface area contributed by atoms with E-state index in [1.54, 1.807) is 6.20 Å². The lowest BCUT2D eigenvalue weighted by Crippen LogP contribution is -1.96. The molecule has 6 heteroatoms. The minimum atomic E-state index is 0.732. The zero-order chi connectivity index (χ0) is 15.1. The Balaban J connectivity index is 1.77. The van der Waals surface area contributed by atoms with Crippen LogP contribution in [0.4, 0.5) is 11.5 Å². The standard InChI is InChI=1S/C16H16N6/c1-3-22-14-7-6-11(9-12(14)10(2)21-22)18-16-15-13(19-20-16)5-4-8-17-15/h4-9H,3H2,1-2H3,(H2,18,19,20). The fourth-order valence-corrected chi connectivity index (χ4v) is 2.74. The minimum absolute atomic E-state index is 0.732. The van der Waals surface area contributed by atoms with Gasteiger partial charge in [0.15, 0.2) is 5.82 Å². The third-order valence-corrected chi connectivity index (χ3v) is 3.82. The molecular weight excluding hydrogens is 276 g/mol. The Bertz CT molecular complexity index is 965. The number of rotatable bonds is 3. The van der Waals surface area contributed by atoms with E-state index in [4.69, 9.17) is 0 Å². The van der Waals surface area contributed by atoms with Crippen molar-refractivity contribution in [2.24, 2.45) is 0 Å². The first-order chi connectivity index (χ1) is 10.8. The summed E-state index contributed by atoms with van der Waals surface area (Å²) in [5.74, 6) is 0.732. The highest BCUT2D eigenvalue weighted by Crippen LogP contribution is 2.26. The molecule has 0 saturated heterocycles. The molecular formula is C16H16N6. The van der Waals surface area contributed by atoms with Gasteiger partial charge in [0.2, 0.25) is 0 Å². The van der Waals surface area contributed by atoms with Crippen LogP contribution in [0.3, 0.4) is 0 Å². The van der Waals surface area contributed by atoms with E-state index in [0.717, 1.165) is 45.7 Å². The average Bonchev–Trinajstić information content (AvgIpc) is 3.09. The van der Waals surface area contributed by atoms with Gasteiger partial charge in [-0.25, -0.2) is 0 Å². The highest BCUT2D eigenvalue weighted by Gasteiger charge is 2.10. The van der Waals surface area contributed by atoms with E-state index in [1.807, 2.05) is 29.8 Å². The number of pyridine rings is 1. The summed E-state index contributed by atoms with van der Waals surface area (Å²) in [5.41, 5.74) is 4.91. The lowest BCUT2D eigenvalue weighted by Gasteiger charge is -2.04. The van der Waals surface area contributed by atoms with Crippen LogP contribution >= 0.6 is 0 Å². The van der Waals surface area contributed by atoms with Crippen LogP contribution in [0.5, 0.6) is 0 Å². The normalized spacial score (nSPS) is 11.4. The number of H-pyrrole nitrogens is 1. The van der Waals surface area contributed by atoms with Crippen LogP contribution in [0.1, 0.15) is 12.6 Å². The third-order valence-electron chi connectivity index (χ3n) is 3.82. The average molecular weight is 292 g/mol. The number of aromatic amines is 1. The van der Waals surface area contributed by atoms with E-state index >= 15 is 0 Å². The third kappa shape index (κ3) is 1.92. The first-order valence-corrected chi connectivity index (χ1v) is 7.29. The second-order valence-corrected chi connectivity index (χ2v) is 5.23. The van der Waals surface area contributed by atoms with Gasteiger partial charge in [0, 0.05) is 23.8 Å². The van der Waals surface area contributed by atoms with E-state index in [0.29, 0.717) is 0 Å². The van der Waals surface area contributed by atoms with Crippen LogP contribution in [-0.4, -0.2) is 25.0 Å².